The maximum absolute atomic E-state index is 11.4. The quantitative estimate of drug-likeness (QED) is 0.246. The molecule has 0 N–H and O–H groups in total. The second-order valence-corrected chi connectivity index (χ2v) is 5.46. The molecule has 0 fully saturated rings. The lowest BCUT2D eigenvalue weighted by atomic mass is 10.1. The highest BCUT2D eigenvalue weighted by molar-refractivity contribution is 5.69. The minimum Gasteiger partial charge on any atom is -0.466 e. The van der Waals surface area contributed by atoms with Crippen LogP contribution in [0.3, 0.4) is 0 Å². The molecule has 0 aromatic rings. The molecule has 3 nitrogen and oxygen atoms in total. The standard InChI is InChI=1S/C17H32O3/c1-2-3-4-5-6-7-8-11-14-17(19)20-16-13-10-9-12-15-18/h15H,2-14,16H2,1H3. The Morgan fingerprint density at radius 2 is 1.45 bits per heavy atom. The second-order valence-electron chi connectivity index (χ2n) is 5.46. The van der Waals surface area contributed by atoms with E-state index in [1.54, 1.807) is 0 Å². The van der Waals surface area contributed by atoms with Gasteiger partial charge in [0.05, 0.1) is 6.61 Å². The van der Waals surface area contributed by atoms with Crippen molar-refractivity contribution in [2.45, 2.75) is 90.4 Å². The van der Waals surface area contributed by atoms with Gasteiger partial charge in [0.15, 0.2) is 0 Å². The van der Waals surface area contributed by atoms with Crippen LogP contribution in [0.15, 0.2) is 0 Å². The van der Waals surface area contributed by atoms with E-state index >= 15 is 0 Å². The van der Waals surface area contributed by atoms with Gasteiger partial charge in [0.2, 0.25) is 0 Å². The minimum atomic E-state index is -0.0635. The van der Waals surface area contributed by atoms with Crippen LogP contribution in [-0.2, 0) is 14.3 Å². The van der Waals surface area contributed by atoms with E-state index in [1.165, 1.54) is 38.5 Å². The van der Waals surface area contributed by atoms with E-state index < -0.39 is 0 Å². The molecule has 0 unspecified atom stereocenters. The SMILES string of the molecule is CCCCCCCCCCC(=O)OCCCCCC=O. The van der Waals surface area contributed by atoms with Crippen molar-refractivity contribution in [1.82, 2.24) is 0 Å². The molecule has 0 aromatic carbocycles. The highest BCUT2D eigenvalue weighted by atomic mass is 16.5. The van der Waals surface area contributed by atoms with E-state index in [4.69, 9.17) is 4.74 Å². The summed E-state index contributed by atoms with van der Waals surface area (Å²) in [5.74, 6) is -0.0635. The van der Waals surface area contributed by atoms with Gasteiger partial charge in [-0.25, -0.2) is 0 Å². The van der Waals surface area contributed by atoms with Gasteiger partial charge in [0.1, 0.15) is 6.29 Å². The van der Waals surface area contributed by atoms with E-state index in [0.717, 1.165) is 38.4 Å². The van der Waals surface area contributed by atoms with Crippen molar-refractivity contribution in [3.05, 3.63) is 0 Å². The molecule has 0 aliphatic heterocycles. The average Bonchev–Trinajstić information content (AvgIpc) is 2.45. The molecule has 0 rings (SSSR count). The van der Waals surface area contributed by atoms with Crippen LogP contribution in [0.25, 0.3) is 0 Å². The first-order valence-electron chi connectivity index (χ1n) is 8.40. The lowest BCUT2D eigenvalue weighted by Gasteiger charge is -2.04. The van der Waals surface area contributed by atoms with Crippen LogP contribution < -0.4 is 0 Å². The normalized spacial score (nSPS) is 10.4. The summed E-state index contributed by atoms with van der Waals surface area (Å²) >= 11 is 0. The number of carbonyl (C=O) groups is 2. The van der Waals surface area contributed by atoms with Crippen molar-refractivity contribution >= 4 is 12.3 Å². The van der Waals surface area contributed by atoms with Crippen molar-refractivity contribution in [3.8, 4) is 0 Å². The third-order valence-corrected chi connectivity index (χ3v) is 3.46. The Kier molecular flexibility index (Phi) is 15.5. The van der Waals surface area contributed by atoms with Crippen LogP contribution in [-0.4, -0.2) is 18.9 Å². The summed E-state index contributed by atoms with van der Waals surface area (Å²) in [5.41, 5.74) is 0. The van der Waals surface area contributed by atoms with Gasteiger partial charge in [-0.3, -0.25) is 4.79 Å². The van der Waals surface area contributed by atoms with Gasteiger partial charge in [-0.2, -0.15) is 0 Å². The molecule has 0 saturated carbocycles. The van der Waals surface area contributed by atoms with E-state index in [0.29, 0.717) is 19.4 Å². The number of unbranched alkanes of at least 4 members (excludes halogenated alkanes) is 10. The molecule has 0 radical (unpaired) electrons. The number of carbonyl (C=O) groups excluding carboxylic acids is 2. The van der Waals surface area contributed by atoms with Gasteiger partial charge in [-0.05, 0) is 25.7 Å². The summed E-state index contributed by atoms with van der Waals surface area (Å²) in [4.78, 5) is 21.5. The van der Waals surface area contributed by atoms with Crippen molar-refractivity contribution in [2.75, 3.05) is 6.61 Å². The van der Waals surface area contributed by atoms with E-state index in [9.17, 15) is 9.59 Å². The number of hydrogen-bond donors (Lipinski definition) is 0. The predicted octanol–water partition coefficient (Wildman–Crippen LogP) is 4.82. The summed E-state index contributed by atoms with van der Waals surface area (Å²) in [6, 6.07) is 0. The summed E-state index contributed by atoms with van der Waals surface area (Å²) in [7, 11) is 0. The molecule has 0 amide bonds. The summed E-state index contributed by atoms with van der Waals surface area (Å²) in [5, 5.41) is 0. The van der Waals surface area contributed by atoms with Crippen LogP contribution in [0, 0.1) is 0 Å². The lowest BCUT2D eigenvalue weighted by Crippen LogP contribution is -2.05. The topological polar surface area (TPSA) is 43.4 Å². The van der Waals surface area contributed by atoms with Gasteiger partial charge < -0.3 is 9.53 Å². The van der Waals surface area contributed by atoms with Crippen molar-refractivity contribution in [2.24, 2.45) is 0 Å². The Hall–Kier alpha value is -0.860. The Morgan fingerprint density at radius 3 is 2.10 bits per heavy atom. The summed E-state index contributed by atoms with van der Waals surface area (Å²) < 4.78 is 5.15. The number of aldehydes is 1. The monoisotopic (exact) mass is 284 g/mol. The Bertz CT molecular complexity index is 226. The van der Waals surface area contributed by atoms with Crippen LogP contribution in [0.2, 0.25) is 0 Å². The Morgan fingerprint density at radius 1 is 0.850 bits per heavy atom. The Labute approximate surface area is 124 Å². The molecule has 0 heterocycles. The fraction of sp³-hybridized carbons (Fsp3) is 0.882. The molecule has 20 heavy (non-hydrogen) atoms. The highest BCUT2D eigenvalue weighted by Crippen LogP contribution is 2.10. The fourth-order valence-electron chi connectivity index (χ4n) is 2.17. The minimum absolute atomic E-state index is 0.0635. The highest BCUT2D eigenvalue weighted by Gasteiger charge is 2.02. The van der Waals surface area contributed by atoms with Crippen molar-refractivity contribution in [1.29, 1.82) is 0 Å². The predicted molar refractivity (Wildman–Crippen MR) is 82.7 cm³/mol. The zero-order valence-electron chi connectivity index (χ0n) is 13.2. The van der Waals surface area contributed by atoms with Gasteiger partial charge in [-0.1, -0.05) is 51.9 Å². The maximum Gasteiger partial charge on any atom is 0.305 e. The van der Waals surface area contributed by atoms with Gasteiger partial charge in [-0.15, -0.1) is 0 Å². The molecule has 0 bridgehead atoms. The first-order chi connectivity index (χ1) is 9.81. The zero-order valence-corrected chi connectivity index (χ0v) is 13.2. The maximum atomic E-state index is 11.4. The number of hydrogen-bond acceptors (Lipinski definition) is 3. The molecule has 0 saturated heterocycles. The van der Waals surface area contributed by atoms with E-state index in [1.807, 2.05) is 0 Å². The molecule has 0 aliphatic carbocycles. The first kappa shape index (κ1) is 19.1. The third kappa shape index (κ3) is 15.2. The molecule has 0 spiro atoms. The molecule has 0 aromatic heterocycles. The fourth-order valence-corrected chi connectivity index (χ4v) is 2.17. The van der Waals surface area contributed by atoms with Gasteiger partial charge in [0.25, 0.3) is 0 Å². The lowest BCUT2D eigenvalue weighted by molar-refractivity contribution is -0.143. The van der Waals surface area contributed by atoms with Crippen LogP contribution in [0.1, 0.15) is 90.4 Å². The third-order valence-electron chi connectivity index (χ3n) is 3.46. The summed E-state index contributed by atoms with van der Waals surface area (Å²) in [6.07, 6.45) is 14.8. The van der Waals surface area contributed by atoms with Gasteiger partial charge in [0, 0.05) is 12.8 Å². The number of esters is 1. The van der Waals surface area contributed by atoms with E-state index in [-0.39, 0.29) is 5.97 Å². The second kappa shape index (κ2) is 16.2. The zero-order chi connectivity index (χ0) is 14.9. The van der Waals surface area contributed by atoms with Crippen LogP contribution >= 0.6 is 0 Å². The van der Waals surface area contributed by atoms with Crippen molar-refractivity contribution in [3.63, 3.8) is 0 Å². The molecule has 3 heteroatoms. The van der Waals surface area contributed by atoms with Crippen LogP contribution in [0.4, 0.5) is 0 Å². The average molecular weight is 284 g/mol. The largest absolute Gasteiger partial charge is 0.466 e. The molecular weight excluding hydrogens is 252 g/mol. The van der Waals surface area contributed by atoms with Crippen LogP contribution in [0.5, 0.6) is 0 Å². The van der Waals surface area contributed by atoms with Crippen molar-refractivity contribution < 1.29 is 14.3 Å². The number of rotatable bonds is 15. The smallest absolute Gasteiger partial charge is 0.305 e. The number of ether oxygens (including phenoxy) is 1. The molecule has 0 aliphatic rings. The van der Waals surface area contributed by atoms with Gasteiger partial charge >= 0.3 is 5.97 Å². The first-order valence-corrected chi connectivity index (χ1v) is 8.40. The molecular formula is C17H32O3. The molecule has 0 atom stereocenters. The summed E-state index contributed by atoms with van der Waals surface area (Å²) in [6.45, 7) is 2.74. The van der Waals surface area contributed by atoms with E-state index in [2.05, 4.69) is 6.92 Å². The Balaban J connectivity index is 3.14. The molecule has 118 valence electrons.